The molecular weight excluding hydrogens is 429 g/mol. The van der Waals surface area contributed by atoms with Crippen molar-refractivity contribution in [3.63, 3.8) is 0 Å². The summed E-state index contributed by atoms with van der Waals surface area (Å²) in [5.41, 5.74) is 3.70. The first-order valence-electron chi connectivity index (χ1n) is 8.64. The average molecular weight is 448 g/mol. The molecule has 0 radical (unpaired) electrons. The number of nitrogens with one attached hydrogen (secondary N) is 1. The highest BCUT2D eigenvalue weighted by molar-refractivity contribution is 7.92. The van der Waals surface area contributed by atoms with Crippen molar-refractivity contribution in [1.82, 2.24) is 0 Å². The van der Waals surface area contributed by atoms with Crippen molar-refractivity contribution < 1.29 is 21.2 Å². The summed E-state index contributed by atoms with van der Waals surface area (Å²) in [4.78, 5) is 0.0692. The van der Waals surface area contributed by atoms with Gasteiger partial charge < -0.3 is 0 Å². The van der Waals surface area contributed by atoms with Gasteiger partial charge in [0.15, 0.2) is 9.84 Å². The van der Waals surface area contributed by atoms with Gasteiger partial charge in [0.1, 0.15) is 5.82 Å². The molecule has 0 bridgehead atoms. The number of benzene rings is 3. The molecule has 0 saturated heterocycles. The molecule has 156 valence electrons. The molecule has 3 rings (SSSR count). The van der Waals surface area contributed by atoms with Gasteiger partial charge in [-0.3, -0.25) is 5.43 Å². The second kappa shape index (κ2) is 8.74. The van der Waals surface area contributed by atoms with Crippen LogP contribution in [0.4, 0.5) is 10.1 Å². The summed E-state index contributed by atoms with van der Waals surface area (Å²) in [6.07, 6.45) is 0. The van der Waals surface area contributed by atoms with E-state index in [0.717, 1.165) is 0 Å². The summed E-state index contributed by atoms with van der Waals surface area (Å²) >= 11 is 0. The van der Waals surface area contributed by atoms with Crippen LogP contribution in [0.25, 0.3) is 0 Å². The maximum atomic E-state index is 13.3. The van der Waals surface area contributed by atoms with Gasteiger partial charge >= 0.3 is 0 Å². The minimum atomic E-state index is -3.83. The van der Waals surface area contributed by atoms with Crippen molar-refractivity contribution in [3.8, 4) is 0 Å². The van der Waals surface area contributed by atoms with E-state index in [4.69, 9.17) is 5.14 Å². The fourth-order valence-corrected chi connectivity index (χ4v) is 4.41. The number of nitrogens with two attached hydrogens (primary N) is 1. The predicted molar refractivity (Wildman–Crippen MR) is 113 cm³/mol. The molecule has 0 aliphatic rings. The molecule has 0 amide bonds. The Labute approximate surface area is 174 Å². The predicted octanol–water partition coefficient (Wildman–Crippen LogP) is 2.76. The maximum absolute atomic E-state index is 13.3. The molecule has 0 fully saturated rings. The summed E-state index contributed by atoms with van der Waals surface area (Å²) in [5, 5.41) is 9.25. The first-order valence-corrected chi connectivity index (χ1v) is 11.8. The SMILES string of the molecule is NS(=O)(=O)c1ccc(N/N=C(\CS(=O)(=O)c2ccccc2)c2ccc(F)cc2)cc1. The largest absolute Gasteiger partial charge is 0.278 e. The lowest BCUT2D eigenvalue weighted by Gasteiger charge is -2.10. The number of primary sulfonamides is 1. The molecule has 3 aromatic rings. The minimum absolute atomic E-state index is 0.0672. The lowest BCUT2D eigenvalue weighted by atomic mass is 10.1. The Kier molecular flexibility index (Phi) is 6.30. The molecule has 0 unspecified atom stereocenters. The van der Waals surface area contributed by atoms with Gasteiger partial charge in [-0.1, -0.05) is 30.3 Å². The highest BCUT2D eigenvalue weighted by Gasteiger charge is 2.19. The number of halogens is 1. The quantitative estimate of drug-likeness (QED) is 0.426. The standard InChI is InChI=1S/C20H18FN3O4S2/c21-16-8-6-15(7-9-16)20(14-29(25,26)18-4-2-1-3-5-18)24-23-17-10-12-19(13-11-17)30(22,27)28/h1-13,23H,14H2,(H2,22,27,28)/b24-20+. The van der Waals surface area contributed by atoms with Crippen molar-refractivity contribution in [2.75, 3.05) is 11.2 Å². The van der Waals surface area contributed by atoms with E-state index < -0.39 is 31.4 Å². The second-order valence-corrected chi connectivity index (χ2v) is 9.87. The van der Waals surface area contributed by atoms with Crippen LogP contribution in [0.5, 0.6) is 0 Å². The van der Waals surface area contributed by atoms with Crippen LogP contribution >= 0.6 is 0 Å². The molecule has 0 spiro atoms. The summed E-state index contributed by atoms with van der Waals surface area (Å²) in [7, 11) is -7.54. The van der Waals surface area contributed by atoms with Crippen molar-refractivity contribution in [1.29, 1.82) is 0 Å². The zero-order valence-electron chi connectivity index (χ0n) is 15.6. The normalized spacial score (nSPS) is 12.5. The number of rotatable bonds is 7. The second-order valence-electron chi connectivity index (χ2n) is 6.32. The molecule has 7 nitrogen and oxygen atoms in total. The van der Waals surface area contributed by atoms with Gasteiger partial charge in [0.2, 0.25) is 10.0 Å². The van der Waals surface area contributed by atoms with Gasteiger partial charge in [0.25, 0.3) is 0 Å². The molecule has 0 heterocycles. The van der Waals surface area contributed by atoms with E-state index in [1.54, 1.807) is 18.2 Å². The third-order valence-corrected chi connectivity index (χ3v) is 6.68. The molecule has 0 aliphatic heterocycles. The van der Waals surface area contributed by atoms with Crippen LogP contribution in [0.3, 0.4) is 0 Å². The van der Waals surface area contributed by atoms with Gasteiger partial charge in [0, 0.05) is 0 Å². The van der Waals surface area contributed by atoms with Crippen LogP contribution in [0.2, 0.25) is 0 Å². The van der Waals surface area contributed by atoms with Gasteiger partial charge in [-0.05, 0) is 54.1 Å². The fraction of sp³-hybridized carbons (Fsp3) is 0.0500. The van der Waals surface area contributed by atoms with Crippen LogP contribution in [-0.2, 0) is 19.9 Å². The zero-order chi connectivity index (χ0) is 21.8. The molecule has 0 saturated carbocycles. The van der Waals surface area contributed by atoms with Gasteiger partial charge in [0.05, 0.1) is 26.9 Å². The lowest BCUT2D eigenvalue weighted by Crippen LogP contribution is -2.19. The number of sulfone groups is 1. The van der Waals surface area contributed by atoms with E-state index in [9.17, 15) is 21.2 Å². The lowest BCUT2D eigenvalue weighted by molar-refractivity contribution is 0.596. The highest BCUT2D eigenvalue weighted by Crippen LogP contribution is 2.16. The monoisotopic (exact) mass is 447 g/mol. The number of hydrogen-bond donors (Lipinski definition) is 2. The van der Waals surface area contributed by atoms with E-state index in [1.807, 2.05) is 0 Å². The molecule has 3 aromatic carbocycles. The number of sulfonamides is 1. The number of anilines is 1. The molecule has 10 heteroatoms. The Hall–Kier alpha value is -3.08. The van der Waals surface area contributed by atoms with Crippen LogP contribution in [0.1, 0.15) is 5.56 Å². The van der Waals surface area contributed by atoms with E-state index >= 15 is 0 Å². The van der Waals surface area contributed by atoms with Gasteiger partial charge in [-0.2, -0.15) is 5.10 Å². The van der Waals surface area contributed by atoms with Crippen LogP contribution < -0.4 is 10.6 Å². The van der Waals surface area contributed by atoms with Crippen LogP contribution in [0.15, 0.2) is 93.8 Å². The third-order valence-electron chi connectivity index (χ3n) is 4.11. The first kappa shape index (κ1) is 21.6. The minimum Gasteiger partial charge on any atom is -0.278 e. The summed E-state index contributed by atoms with van der Waals surface area (Å²) < 4.78 is 61.6. The first-order chi connectivity index (χ1) is 14.1. The third kappa shape index (κ3) is 5.50. The van der Waals surface area contributed by atoms with Gasteiger partial charge in [-0.25, -0.2) is 26.4 Å². The van der Waals surface area contributed by atoms with Gasteiger partial charge in [-0.15, -0.1) is 0 Å². The molecule has 3 N–H and O–H groups in total. The number of nitrogens with zero attached hydrogens (tertiary/aromatic N) is 1. The molecule has 0 atom stereocenters. The van der Waals surface area contributed by atoms with Crippen molar-refractivity contribution in [2.45, 2.75) is 9.79 Å². The van der Waals surface area contributed by atoms with Crippen molar-refractivity contribution in [2.24, 2.45) is 10.2 Å². The zero-order valence-corrected chi connectivity index (χ0v) is 17.2. The van der Waals surface area contributed by atoms with E-state index in [0.29, 0.717) is 11.3 Å². The summed E-state index contributed by atoms with van der Waals surface area (Å²) in [6, 6.07) is 18.7. The van der Waals surface area contributed by atoms with E-state index in [1.165, 1.54) is 60.7 Å². The summed E-state index contributed by atoms with van der Waals surface area (Å²) in [5.74, 6) is -0.888. The molecule has 0 aliphatic carbocycles. The van der Waals surface area contributed by atoms with Crippen molar-refractivity contribution >= 4 is 31.3 Å². The number of hydrazone groups is 1. The topological polar surface area (TPSA) is 119 Å². The molecule has 30 heavy (non-hydrogen) atoms. The number of hydrogen-bond acceptors (Lipinski definition) is 6. The Morgan fingerprint density at radius 2 is 1.43 bits per heavy atom. The van der Waals surface area contributed by atoms with E-state index in [2.05, 4.69) is 10.5 Å². The van der Waals surface area contributed by atoms with E-state index in [-0.39, 0.29) is 15.5 Å². The average Bonchev–Trinajstić information content (AvgIpc) is 2.72. The fourth-order valence-electron chi connectivity index (χ4n) is 2.56. The molecular formula is C20H18FN3O4S2. The Morgan fingerprint density at radius 1 is 0.833 bits per heavy atom. The summed E-state index contributed by atoms with van der Waals surface area (Å²) in [6.45, 7) is 0. The highest BCUT2D eigenvalue weighted by atomic mass is 32.2. The van der Waals surface area contributed by atoms with Crippen molar-refractivity contribution in [3.05, 3.63) is 90.2 Å². The smallest absolute Gasteiger partial charge is 0.238 e. The molecule has 0 aromatic heterocycles. The van der Waals surface area contributed by atoms with Crippen LogP contribution in [0, 0.1) is 5.82 Å². The van der Waals surface area contributed by atoms with Crippen LogP contribution in [-0.4, -0.2) is 28.3 Å². The Balaban J connectivity index is 1.92. The maximum Gasteiger partial charge on any atom is 0.238 e. The Bertz CT molecular complexity index is 1260. The Morgan fingerprint density at radius 3 is 2.00 bits per heavy atom.